The molecule has 158 valence electrons. The molecule has 3 aromatic carbocycles. The van der Waals surface area contributed by atoms with Gasteiger partial charge in [0, 0.05) is 27.7 Å². The molecule has 0 amide bonds. The van der Waals surface area contributed by atoms with Crippen LogP contribution in [0, 0.1) is 5.41 Å². The monoisotopic (exact) mass is 449 g/mol. The summed E-state index contributed by atoms with van der Waals surface area (Å²) in [5.41, 5.74) is 2.73. The van der Waals surface area contributed by atoms with Gasteiger partial charge in [-0.25, -0.2) is 0 Å². The predicted octanol–water partition coefficient (Wildman–Crippen LogP) is 7.00. The molecule has 0 atom stereocenters. The molecule has 0 spiro atoms. The van der Waals surface area contributed by atoms with Gasteiger partial charge in [-0.05, 0) is 65.7 Å². The lowest BCUT2D eigenvalue weighted by Crippen LogP contribution is -2.18. The molecule has 0 aliphatic carbocycles. The molecule has 0 unspecified atom stereocenters. The summed E-state index contributed by atoms with van der Waals surface area (Å²) in [4.78, 5) is 4.50. The second kappa shape index (κ2) is 7.50. The van der Waals surface area contributed by atoms with E-state index >= 15 is 0 Å². The molecule has 7 heteroatoms. The molecule has 0 bridgehead atoms. The Balaban J connectivity index is 1.84. The van der Waals surface area contributed by atoms with E-state index in [1.165, 1.54) is 10.6 Å². The van der Waals surface area contributed by atoms with Gasteiger partial charge in [-0.1, -0.05) is 35.9 Å². The minimum Gasteiger partial charge on any atom is -0.294 e. The van der Waals surface area contributed by atoms with Crippen molar-refractivity contribution in [3.8, 4) is 16.8 Å². The van der Waals surface area contributed by atoms with Crippen LogP contribution >= 0.6 is 11.6 Å². The zero-order valence-corrected chi connectivity index (χ0v) is 17.2. The predicted molar refractivity (Wildman–Crippen MR) is 120 cm³/mol. The lowest BCUT2D eigenvalue weighted by molar-refractivity contribution is -0.137. The number of alkyl halides is 3. The number of hydrogen-bond acceptors (Lipinski definition) is 2. The van der Waals surface area contributed by atoms with Crippen LogP contribution in [0.5, 0.6) is 0 Å². The number of nitrogens with one attached hydrogen (secondary N) is 1. The van der Waals surface area contributed by atoms with Crippen LogP contribution in [0.1, 0.15) is 5.56 Å². The Morgan fingerprint density at radius 1 is 0.844 bits per heavy atom. The molecule has 5 aromatic rings. The summed E-state index contributed by atoms with van der Waals surface area (Å²) >= 11 is 6.01. The maximum Gasteiger partial charge on any atom is 0.416 e. The minimum absolute atomic E-state index is 0.0706. The van der Waals surface area contributed by atoms with Crippen molar-refractivity contribution in [1.82, 2.24) is 9.55 Å². The molecule has 1 N–H and O–H groups in total. The second-order valence-electron chi connectivity index (χ2n) is 7.40. The van der Waals surface area contributed by atoms with Crippen LogP contribution in [0.15, 0.2) is 85.1 Å². The van der Waals surface area contributed by atoms with E-state index < -0.39 is 11.7 Å². The van der Waals surface area contributed by atoms with Crippen LogP contribution in [0.4, 0.5) is 13.2 Å². The Morgan fingerprint density at radius 2 is 1.59 bits per heavy atom. The van der Waals surface area contributed by atoms with Gasteiger partial charge in [0.1, 0.15) is 5.49 Å². The van der Waals surface area contributed by atoms with Crippen molar-refractivity contribution in [3.63, 3.8) is 0 Å². The van der Waals surface area contributed by atoms with Crippen LogP contribution < -0.4 is 5.49 Å². The fourth-order valence-electron chi connectivity index (χ4n) is 3.84. The summed E-state index contributed by atoms with van der Waals surface area (Å²) in [6, 6.07) is 21.5. The molecule has 3 nitrogen and oxygen atoms in total. The van der Waals surface area contributed by atoms with E-state index in [1.54, 1.807) is 36.5 Å². The molecular formula is C25H15ClF3N3. The number of hydrogen-bond donors (Lipinski definition) is 1. The number of nitrogens with zero attached hydrogens (tertiary/aromatic N) is 2. The highest BCUT2D eigenvalue weighted by Crippen LogP contribution is 2.33. The minimum atomic E-state index is -4.48. The number of rotatable bonds is 2. The van der Waals surface area contributed by atoms with Crippen LogP contribution in [-0.4, -0.2) is 9.55 Å². The van der Waals surface area contributed by atoms with Gasteiger partial charge in [0.2, 0.25) is 0 Å². The number of pyridine rings is 2. The largest absolute Gasteiger partial charge is 0.416 e. The summed E-state index contributed by atoms with van der Waals surface area (Å²) in [7, 11) is 0. The Morgan fingerprint density at radius 3 is 2.34 bits per heavy atom. The van der Waals surface area contributed by atoms with Gasteiger partial charge >= 0.3 is 6.18 Å². The molecule has 2 aromatic heterocycles. The third-order valence-electron chi connectivity index (χ3n) is 5.36. The number of aromatic nitrogens is 2. The van der Waals surface area contributed by atoms with Gasteiger partial charge in [-0.15, -0.1) is 0 Å². The Bertz CT molecular complexity index is 1540. The first kappa shape index (κ1) is 20.3. The molecular weight excluding hydrogens is 435 g/mol. The Kier molecular flexibility index (Phi) is 4.75. The summed E-state index contributed by atoms with van der Waals surface area (Å²) in [6.07, 6.45) is -2.81. The molecule has 0 saturated carbocycles. The molecule has 0 saturated heterocycles. The van der Waals surface area contributed by atoms with Crippen LogP contribution in [0.25, 0.3) is 38.6 Å². The van der Waals surface area contributed by atoms with Crippen molar-refractivity contribution >= 4 is 33.4 Å². The molecule has 32 heavy (non-hydrogen) atoms. The average molecular weight is 450 g/mol. The maximum absolute atomic E-state index is 13.3. The highest BCUT2D eigenvalue weighted by Gasteiger charge is 2.30. The van der Waals surface area contributed by atoms with E-state index in [4.69, 9.17) is 17.0 Å². The lowest BCUT2D eigenvalue weighted by atomic mass is 10.0. The molecule has 2 heterocycles. The Hall–Kier alpha value is -3.64. The van der Waals surface area contributed by atoms with E-state index in [1.807, 2.05) is 30.3 Å². The summed E-state index contributed by atoms with van der Waals surface area (Å²) in [5.74, 6) is 0. The first-order chi connectivity index (χ1) is 15.3. The number of fused-ring (bicyclic) bond motifs is 3. The summed E-state index contributed by atoms with van der Waals surface area (Å²) in [6.45, 7) is 0. The fourth-order valence-corrected chi connectivity index (χ4v) is 3.97. The van der Waals surface area contributed by atoms with Crippen LogP contribution in [-0.2, 0) is 6.18 Å². The zero-order chi connectivity index (χ0) is 22.5. The van der Waals surface area contributed by atoms with Gasteiger partial charge in [-0.3, -0.25) is 15.0 Å². The van der Waals surface area contributed by atoms with E-state index in [0.717, 1.165) is 34.0 Å². The molecule has 0 aliphatic heterocycles. The SMILES string of the molecule is N=c1ccc2cnc3ccc(-c4ccc(Cl)cc4)cc3c2n1-c1cccc(C(F)(F)F)c1. The summed E-state index contributed by atoms with van der Waals surface area (Å²) < 4.78 is 41.6. The van der Waals surface area contributed by atoms with Crippen molar-refractivity contribution in [2.75, 3.05) is 0 Å². The van der Waals surface area contributed by atoms with Crippen molar-refractivity contribution in [2.24, 2.45) is 0 Å². The third-order valence-corrected chi connectivity index (χ3v) is 5.61. The van der Waals surface area contributed by atoms with Crippen molar-refractivity contribution < 1.29 is 13.2 Å². The third kappa shape index (κ3) is 3.52. The first-order valence-corrected chi connectivity index (χ1v) is 10.1. The molecule has 0 fully saturated rings. The topological polar surface area (TPSA) is 41.7 Å². The van der Waals surface area contributed by atoms with Gasteiger partial charge < -0.3 is 0 Å². The quantitative estimate of drug-likeness (QED) is 0.290. The van der Waals surface area contributed by atoms with Gasteiger partial charge in [0.15, 0.2) is 0 Å². The van der Waals surface area contributed by atoms with Gasteiger partial charge in [-0.2, -0.15) is 13.2 Å². The first-order valence-electron chi connectivity index (χ1n) is 9.74. The second-order valence-corrected chi connectivity index (χ2v) is 7.84. The van der Waals surface area contributed by atoms with Gasteiger partial charge in [0.05, 0.1) is 16.6 Å². The van der Waals surface area contributed by atoms with Gasteiger partial charge in [0.25, 0.3) is 0 Å². The lowest BCUT2D eigenvalue weighted by Gasteiger charge is -2.16. The zero-order valence-electron chi connectivity index (χ0n) is 16.5. The maximum atomic E-state index is 13.3. The molecule has 0 aliphatic rings. The van der Waals surface area contributed by atoms with E-state index in [-0.39, 0.29) is 11.2 Å². The van der Waals surface area contributed by atoms with Crippen molar-refractivity contribution in [3.05, 3.63) is 101 Å². The molecule has 0 radical (unpaired) electrons. The highest BCUT2D eigenvalue weighted by atomic mass is 35.5. The number of halogens is 4. The van der Waals surface area contributed by atoms with E-state index in [2.05, 4.69) is 4.98 Å². The van der Waals surface area contributed by atoms with E-state index in [0.29, 0.717) is 16.1 Å². The number of benzene rings is 3. The molecule has 5 rings (SSSR count). The van der Waals surface area contributed by atoms with E-state index in [9.17, 15) is 13.2 Å². The normalized spacial score (nSPS) is 11.9. The fraction of sp³-hybridized carbons (Fsp3) is 0.0400. The van der Waals surface area contributed by atoms with Crippen LogP contribution in [0.2, 0.25) is 5.02 Å². The van der Waals surface area contributed by atoms with Crippen LogP contribution in [0.3, 0.4) is 0 Å². The standard InChI is InChI=1S/C25H15ClF3N3/c26-19-8-4-15(5-9-19)16-6-10-22-21(12-16)24-17(14-31-22)7-11-23(30)32(24)20-3-1-2-18(13-20)25(27,28)29/h1-14,30H. The van der Waals surface area contributed by atoms with Crippen molar-refractivity contribution in [1.29, 1.82) is 5.41 Å². The average Bonchev–Trinajstić information content (AvgIpc) is 2.78. The highest BCUT2D eigenvalue weighted by molar-refractivity contribution is 6.30. The Labute approximate surface area is 185 Å². The smallest absolute Gasteiger partial charge is 0.294 e. The summed E-state index contributed by atoms with van der Waals surface area (Å²) in [5, 5.41) is 10.6. The van der Waals surface area contributed by atoms with Crippen molar-refractivity contribution in [2.45, 2.75) is 6.18 Å².